The molecule has 2 atom stereocenters. The van der Waals surface area contributed by atoms with Gasteiger partial charge in [0.25, 0.3) is 0 Å². The van der Waals surface area contributed by atoms with Gasteiger partial charge in [0.2, 0.25) is 0 Å². The van der Waals surface area contributed by atoms with Gasteiger partial charge in [-0.1, -0.05) is 19.8 Å². The third kappa shape index (κ3) is 4.46. The second-order valence-electron chi connectivity index (χ2n) is 5.26. The number of aliphatic hydroxyl groups is 2. The summed E-state index contributed by atoms with van der Waals surface area (Å²) in [5, 5.41) is 25.1. The number of aliphatic imine (C=N–C) groups is 1. The minimum atomic E-state index is -0.254. The number of nitrogens with zero attached hydrogens (tertiary/aromatic N) is 1. The van der Waals surface area contributed by atoms with Crippen molar-refractivity contribution in [3.63, 3.8) is 0 Å². The van der Waals surface area contributed by atoms with E-state index in [0.717, 1.165) is 25.8 Å². The lowest BCUT2D eigenvalue weighted by atomic mass is 9.73. The number of aliphatic hydroxyl groups excluding tert-OH is 2. The van der Waals surface area contributed by atoms with E-state index in [1.165, 1.54) is 6.42 Å². The Morgan fingerprint density at radius 3 is 2.78 bits per heavy atom. The van der Waals surface area contributed by atoms with Crippen molar-refractivity contribution in [3.05, 3.63) is 0 Å². The van der Waals surface area contributed by atoms with E-state index >= 15 is 0 Å². The van der Waals surface area contributed by atoms with Crippen LogP contribution in [0.4, 0.5) is 0 Å². The monoisotopic (exact) mass is 257 g/mol. The minimum Gasteiger partial charge on any atom is -0.395 e. The number of rotatable bonds is 5. The van der Waals surface area contributed by atoms with Gasteiger partial charge in [-0.3, -0.25) is 4.99 Å². The SMILES string of the molecule is CCNC(=NCC1(C)CCCCC1O)NCCO. The molecule has 5 nitrogen and oxygen atoms in total. The second kappa shape index (κ2) is 7.59. The quantitative estimate of drug-likeness (QED) is 0.427. The molecule has 4 N–H and O–H groups in total. The molecule has 106 valence electrons. The lowest BCUT2D eigenvalue weighted by Gasteiger charge is -2.37. The van der Waals surface area contributed by atoms with Gasteiger partial charge in [0.15, 0.2) is 5.96 Å². The molecule has 1 fully saturated rings. The largest absolute Gasteiger partial charge is 0.395 e. The second-order valence-corrected chi connectivity index (χ2v) is 5.26. The van der Waals surface area contributed by atoms with Gasteiger partial charge < -0.3 is 20.8 Å². The molecule has 0 amide bonds. The summed E-state index contributed by atoms with van der Waals surface area (Å²) in [7, 11) is 0. The first-order valence-corrected chi connectivity index (χ1v) is 6.93. The molecule has 1 aliphatic rings. The smallest absolute Gasteiger partial charge is 0.191 e. The molecule has 0 spiro atoms. The number of hydrogen-bond acceptors (Lipinski definition) is 3. The molecule has 0 bridgehead atoms. The third-order valence-electron chi connectivity index (χ3n) is 3.63. The molecule has 18 heavy (non-hydrogen) atoms. The summed E-state index contributed by atoms with van der Waals surface area (Å²) in [5.74, 6) is 0.713. The van der Waals surface area contributed by atoms with Crippen molar-refractivity contribution in [1.82, 2.24) is 10.6 Å². The van der Waals surface area contributed by atoms with E-state index in [-0.39, 0.29) is 18.1 Å². The molecule has 1 aliphatic carbocycles. The van der Waals surface area contributed by atoms with Crippen LogP contribution in [0.1, 0.15) is 39.5 Å². The van der Waals surface area contributed by atoms with Crippen LogP contribution in [-0.2, 0) is 0 Å². The van der Waals surface area contributed by atoms with Crippen molar-refractivity contribution in [3.8, 4) is 0 Å². The molecule has 2 unspecified atom stereocenters. The van der Waals surface area contributed by atoms with Gasteiger partial charge in [0.1, 0.15) is 0 Å². The van der Waals surface area contributed by atoms with Crippen LogP contribution in [0.5, 0.6) is 0 Å². The summed E-state index contributed by atoms with van der Waals surface area (Å²) in [5.41, 5.74) is -0.111. The Bertz CT molecular complexity index is 271. The van der Waals surface area contributed by atoms with Crippen LogP contribution >= 0.6 is 0 Å². The normalized spacial score (nSPS) is 29.1. The molecule has 0 radical (unpaired) electrons. The van der Waals surface area contributed by atoms with Crippen molar-refractivity contribution in [2.75, 3.05) is 26.2 Å². The van der Waals surface area contributed by atoms with Crippen LogP contribution in [0.3, 0.4) is 0 Å². The molecule has 0 aliphatic heterocycles. The maximum absolute atomic E-state index is 10.1. The summed E-state index contributed by atoms with van der Waals surface area (Å²) in [4.78, 5) is 4.52. The van der Waals surface area contributed by atoms with Gasteiger partial charge >= 0.3 is 0 Å². The first-order valence-electron chi connectivity index (χ1n) is 6.93. The fourth-order valence-corrected chi connectivity index (χ4v) is 2.34. The van der Waals surface area contributed by atoms with Gasteiger partial charge in [0, 0.05) is 18.5 Å². The summed E-state index contributed by atoms with van der Waals surface area (Å²) in [6.07, 6.45) is 3.94. The highest BCUT2D eigenvalue weighted by Crippen LogP contribution is 2.36. The number of hydrogen-bond donors (Lipinski definition) is 4. The molecule has 0 heterocycles. The highest BCUT2D eigenvalue weighted by Gasteiger charge is 2.35. The fourth-order valence-electron chi connectivity index (χ4n) is 2.34. The lowest BCUT2D eigenvalue weighted by Crippen LogP contribution is -2.42. The Labute approximate surface area is 110 Å². The lowest BCUT2D eigenvalue weighted by molar-refractivity contribution is 0.00716. The van der Waals surface area contributed by atoms with Crippen LogP contribution < -0.4 is 10.6 Å². The van der Waals surface area contributed by atoms with E-state index in [1.807, 2.05) is 6.92 Å². The van der Waals surface area contributed by atoms with E-state index in [1.54, 1.807) is 0 Å². The number of nitrogens with one attached hydrogen (secondary N) is 2. The molecule has 0 saturated heterocycles. The molecule has 0 aromatic rings. The van der Waals surface area contributed by atoms with Gasteiger partial charge in [-0.05, 0) is 19.8 Å². The maximum Gasteiger partial charge on any atom is 0.191 e. The molecule has 0 aromatic carbocycles. The van der Waals surface area contributed by atoms with E-state index < -0.39 is 0 Å². The zero-order valence-corrected chi connectivity index (χ0v) is 11.6. The van der Waals surface area contributed by atoms with Gasteiger partial charge in [-0.25, -0.2) is 0 Å². The van der Waals surface area contributed by atoms with Crippen LogP contribution in [0.25, 0.3) is 0 Å². The maximum atomic E-state index is 10.1. The van der Waals surface area contributed by atoms with Crippen LogP contribution in [0.2, 0.25) is 0 Å². The fraction of sp³-hybridized carbons (Fsp3) is 0.923. The van der Waals surface area contributed by atoms with Crippen molar-refractivity contribution >= 4 is 5.96 Å². The molecule has 1 rings (SSSR count). The summed E-state index contributed by atoms with van der Waals surface area (Å²) in [6, 6.07) is 0. The van der Waals surface area contributed by atoms with Crippen molar-refractivity contribution < 1.29 is 10.2 Å². The summed E-state index contributed by atoms with van der Waals surface area (Å²) < 4.78 is 0. The third-order valence-corrected chi connectivity index (χ3v) is 3.63. The van der Waals surface area contributed by atoms with Gasteiger partial charge in [-0.2, -0.15) is 0 Å². The molecular weight excluding hydrogens is 230 g/mol. The zero-order valence-electron chi connectivity index (χ0n) is 11.6. The first-order chi connectivity index (χ1) is 8.62. The van der Waals surface area contributed by atoms with E-state index in [9.17, 15) is 5.11 Å². The molecule has 1 saturated carbocycles. The van der Waals surface area contributed by atoms with E-state index in [4.69, 9.17) is 5.11 Å². The average molecular weight is 257 g/mol. The predicted molar refractivity (Wildman–Crippen MR) is 73.6 cm³/mol. The van der Waals surface area contributed by atoms with Gasteiger partial charge in [0.05, 0.1) is 19.3 Å². The Kier molecular flexibility index (Phi) is 6.43. The van der Waals surface area contributed by atoms with E-state index in [2.05, 4.69) is 22.5 Å². The number of guanidine groups is 1. The summed E-state index contributed by atoms with van der Waals surface area (Å²) >= 11 is 0. The van der Waals surface area contributed by atoms with Crippen LogP contribution in [0.15, 0.2) is 4.99 Å². The highest BCUT2D eigenvalue weighted by molar-refractivity contribution is 5.79. The molecule has 0 aromatic heterocycles. The minimum absolute atomic E-state index is 0.0876. The Morgan fingerprint density at radius 1 is 1.39 bits per heavy atom. The Hall–Kier alpha value is -0.810. The average Bonchev–Trinajstić information content (AvgIpc) is 2.37. The van der Waals surface area contributed by atoms with Crippen LogP contribution in [0, 0.1) is 5.41 Å². The molecular formula is C13H27N3O2. The Balaban J connectivity index is 2.56. The van der Waals surface area contributed by atoms with Crippen molar-refractivity contribution in [2.24, 2.45) is 10.4 Å². The molecule has 5 heteroatoms. The zero-order chi connectivity index (χ0) is 13.4. The Morgan fingerprint density at radius 2 is 2.17 bits per heavy atom. The predicted octanol–water partition coefficient (Wildman–Crippen LogP) is 0.475. The topological polar surface area (TPSA) is 76.9 Å². The standard InChI is InChI=1S/C13H27N3O2/c1-3-14-12(15-8-9-17)16-10-13(2)7-5-4-6-11(13)18/h11,17-18H,3-10H2,1-2H3,(H2,14,15,16). The van der Waals surface area contributed by atoms with Crippen LogP contribution in [-0.4, -0.2) is 48.5 Å². The highest BCUT2D eigenvalue weighted by atomic mass is 16.3. The first kappa shape index (κ1) is 15.2. The summed E-state index contributed by atoms with van der Waals surface area (Å²) in [6.45, 7) is 6.10. The van der Waals surface area contributed by atoms with Crippen molar-refractivity contribution in [2.45, 2.75) is 45.6 Å². The van der Waals surface area contributed by atoms with Crippen molar-refractivity contribution in [1.29, 1.82) is 0 Å². The van der Waals surface area contributed by atoms with E-state index in [0.29, 0.717) is 19.0 Å². The van der Waals surface area contributed by atoms with Gasteiger partial charge in [-0.15, -0.1) is 0 Å².